The molecule has 1 amide bonds. The van der Waals surface area contributed by atoms with Gasteiger partial charge in [-0.25, -0.2) is 0 Å². The predicted octanol–water partition coefficient (Wildman–Crippen LogP) is 5.98. The monoisotopic (exact) mass is 437 g/mol. The lowest BCUT2D eigenvalue weighted by atomic mass is 10.1. The largest absolute Gasteiger partial charge is 0.470 e. The molecule has 32 heavy (non-hydrogen) atoms. The first-order chi connectivity index (χ1) is 15.3. The molecule has 0 unspecified atom stereocenters. The third kappa shape index (κ3) is 4.69. The van der Waals surface area contributed by atoms with Crippen molar-refractivity contribution in [3.8, 4) is 22.6 Å². The number of aromatic nitrogens is 2. The van der Waals surface area contributed by atoms with E-state index in [1.165, 1.54) is 6.92 Å². The number of hydrogen-bond donors (Lipinski definition) is 0. The van der Waals surface area contributed by atoms with Crippen LogP contribution in [0.1, 0.15) is 18.4 Å². The van der Waals surface area contributed by atoms with Crippen molar-refractivity contribution in [2.45, 2.75) is 19.6 Å². The van der Waals surface area contributed by atoms with E-state index >= 15 is 0 Å². The summed E-state index contributed by atoms with van der Waals surface area (Å²) in [5.74, 6) is -1.74. The Morgan fingerprint density at radius 1 is 0.844 bits per heavy atom. The maximum Gasteiger partial charge on any atom is 0.470 e. The van der Waals surface area contributed by atoms with Gasteiger partial charge in [0.25, 0.3) is 0 Å². The van der Waals surface area contributed by atoms with Gasteiger partial charge in [0.15, 0.2) is 0 Å². The topological polar surface area (TPSA) is 59.2 Å². The summed E-state index contributed by atoms with van der Waals surface area (Å²) in [5.41, 5.74) is 4.02. The van der Waals surface area contributed by atoms with Gasteiger partial charge in [-0.1, -0.05) is 54.6 Å². The zero-order chi connectivity index (χ0) is 22.7. The standard InChI is InChI=1S/C24H18F3N3O2/c1-16(31)30(21-13-11-19(12-14-21)18-5-3-2-4-6-18)15-17-7-9-20(10-8-17)22-28-29-23(32-22)24(25,26)27/h2-14H,15H2,1H3. The van der Waals surface area contributed by atoms with Crippen molar-refractivity contribution in [2.24, 2.45) is 0 Å². The summed E-state index contributed by atoms with van der Waals surface area (Å²) in [7, 11) is 0. The number of halogens is 3. The molecule has 1 heterocycles. The maximum absolute atomic E-state index is 12.6. The lowest BCUT2D eigenvalue weighted by molar-refractivity contribution is -0.156. The molecule has 4 rings (SSSR count). The van der Waals surface area contributed by atoms with Crippen LogP contribution in [0.5, 0.6) is 0 Å². The number of carbonyl (C=O) groups is 1. The highest BCUT2D eigenvalue weighted by atomic mass is 19.4. The minimum atomic E-state index is -4.69. The Kier molecular flexibility index (Phi) is 5.77. The number of carbonyl (C=O) groups excluding carboxylic acids is 1. The Morgan fingerprint density at radius 3 is 2.00 bits per heavy atom. The molecule has 0 aliphatic heterocycles. The van der Waals surface area contributed by atoms with Crippen molar-refractivity contribution < 1.29 is 22.4 Å². The van der Waals surface area contributed by atoms with Crippen LogP contribution < -0.4 is 4.90 Å². The molecule has 5 nitrogen and oxygen atoms in total. The third-order valence-corrected chi connectivity index (χ3v) is 4.88. The fourth-order valence-corrected chi connectivity index (χ4v) is 3.24. The molecule has 0 atom stereocenters. The van der Waals surface area contributed by atoms with Crippen LogP contribution in [-0.2, 0) is 17.5 Å². The van der Waals surface area contributed by atoms with Crippen LogP contribution in [0, 0.1) is 0 Å². The van der Waals surface area contributed by atoms with Crippen LogP contribution in [0.3, 0.4) is 0 Å². The quantitative estimate of drug-likeness (QED) is 0.386. The van der Waals surface area contributed by atoms with Crippen molar-refractivity contribution in [1.82, 2.24) is 10.2 Å². The van der Waals surface area contributed by atoms with Crippen molar-refractivity contribution in [3.05, 3.63) is 90.3 Å². The second-order valence-corrected chi connectivity index (χ2v) is 7.13. The second kappa shape index (κ2) is 8.66. The van der Waals surface area contributed by atoms with Crippen LogP contribution >= 0.6 is 0 Å². The van der Waals surface area contributed by atoms with Gasteiger partial charge >= 0.3 is 12.1 Å². The number of anilines is 1. The molecule has 0 fully saturated rings. The molecule has 0 saturated heterocycles. The van der Waals surface area contributed by atoms with E-state index in [9.17, 15) is 18.0 Å². The highest BCUT2D eigenvalue weighted by Crippen LogP contribution is 2.30. The SMILES string of the molecule is CC(=O)N(Cc1ccc(-c2nnc(C(F)(F)F)o2)cc1)c1ccc(-c2ccccc2)cc1. The van der Waals surface area contributed by atoms with Gasteiger partial charge in [0.2, 0.25) is 11.8 Å². The molecule has 0 spiro atoms. The molecular weight excluding hydrogens is 419 g/mol. The summed E-state index contributed by atoms with van der Waals surface area (Å²) in [4.78, 5) is 13.9. The van der Waals surface area contributed by atoms with Gasteiger partial charge in [-0.15, -0.1) is 10.2 Å². The summed E-state index contributed by atoms with van der Waals surface area (Å²) in [6, 6.07) is 24.2. The molecule has 8 heteroatoms. The van der Waals surface area contributed by atoms with E-state index in [-0.39, 0.29) is 11.8 Å². The zero-order valence-electron chi connectivity index (χ0n) is 17.0. The molecule has 0 aliphatic rings. The van der Waals surface area contributed by atoms with E-state index in [0.29, 0.717) is 12.1 Å². The van der Waals surface area contributed by atoms with Crippen molar-refractivity contribution in [1.29, 1.82) is 0 Å². The Hall–Kier alpha value is -3.94. The number of rotatable bonds is 5. The number of amides is 1. The molecule has 0 N–H and O–H groups in total. The first-order valence-corrected chi connectivity index (χ1v) is 9.75. The minimum absolute atomic E-state index is 0.131. The third-order valence-electron chi connectivity index (χ3n) is 4.88. The summed E-state index contributed by atoms with van der Waals surface area (Å²) >= 11 is 0. The van der Waals surface area contributed by atoms with Gasteiger partial charge in [0.05, 0.1) is 6.54 Å². The Morgan fingerprint density at radius 2 is 1.44 bits per heavy atom. The van der Waals surface area contributed by atoms with Gasteiger partial charge in [-0.2, -0.15) is 13.2 Å². The molecule has 4 aromatic rings. The first-order valence-electron chi connectivity index (χ1n) is 9.75. The number of alkyl halides is 3. The van der Waals surface area contributed by atoms with Gasteiger partial charge < -0.3 is 9.32 Å². The van der Waals surface area contributed by atoms with E-state index in [2.05, 4.69) is 10.2 Å². The van der Waals surface area contributed by atoms with Crippen LogP contribution in [-0.4, -0.2) is 16.1 Å². The van der Waals surface area contributed by atoms with Gasteiger partial charge in [-0.3, -0.25) is 4.79 Å². The van der Waals surface area contributed by atoms with Gasteiger partial charge in [-0.05, 0) is 41.0 Å². The van der Waals surface area contributed by atoms with Crippen LogP contribution in [0.15, 0.2) is 83.3 Å². The maximum atomic E-state index is 12.6. The first kappa shape index (κ1) is 21.3. The predicted molar refractivity (Wildman–Crippen MR) is 113 cm³/mol. The van der Waals surface area contributed by atoms with Crippen LogP contribution in [0.2, 0.25) is 0 Å². The molecular formula is C24H18F3N3O2. The Labute approximate surface area is 182 Å². The highest BCUT2D eigenvalue weighted by Gasteiger charge is 2.38. The van der Waals surface area contributed by atoms with Crippen LogP contribution in [0.25, 0.3) is 22.6 Å². The smallest absolute Gasteiger partial charge is 0.413 e. The summed E-state index contributed by atoms with van der Waals surface area (Å²) in [5, 5.41) is 6.48. The summed E-state index contributed by atoms with van der Waals surface area (Å²) in [6.45, 7) is 1.79. The molecule has 3 aromatic carbocycles. The fraction of sp³-hybridized carbons (Fsp3) is 0.125. The zero-order valence-corrected chi connectivity index (χ0v) is 17.0. The number of nitrogens with zero attached hydrogens (tertiary/aromatic N) is 3. The summed E-state index contributed by atoms with van der Waals surface area (Å²) in [6.07, 6.45) is -4.69. The molecule has 162 valence electrons. The van der Waals surface area contributed by atoms with Crippen LogP contribution in [0.4, 0.5) is 18.9 Å². The Bertz CT molecular complexity index is 1200. The molecule has 0 radical (unpaired) electrons. The van der Waals surface area contributed by atoms with Gasteiger partial charge in [0.1, 0.15) is 0 Å². The van der Waals surface area contributed by atoms with Crippen molar-refractivity contribution in [2.75, 3.05) is 4.90 Å². The summed E-state index contributed by atoms with van der Waals surface area (Å²) < 4.78 is 42.6. The molecule has 1 aromatic heterocycles. The molecule has 0 saturated carbocycles. The lowest BCUT2D eigenvalue weighted by Crippen LogP contribution is -2.27. The highest BCUT2D eigenvalue weighted by molar-refractivity contribution is 5.91. The minimum Gasteiger partial charge on any atom is -0.413 e. The van der Waals surface area contributed by atoms with Gasteiger partial charge in [0, 0.05) is 18.2 Å². The average Bonchev–Trinajstić information content (AvgIpc) is 3.30. The van der Waals surface area contributed by atoms with E-state index in [1.807, 2.05) is 54.6 Å². The average molecular weight is 437 g/mol. The Balaban J connectivity index is 1.51. The lowest BCUT2D eigenvalue weighted by Gasteiger charge is -2.22. The van der Waals surface area contributed by atoms with Crippen molar-refractivity contribution >= 4 is 11.6 Å². The molecule has 0 aliphatic carbocycles. The van der Waals surface area contributed by atoms with Crippen molar-refractivity contribution in [3.63, 3.8) is 0 Å². The molecule has 0 bridgehead atoms. The van der Waals surface area contributed by atoms with E-state index in [0.717, 1.165) is 22.4 Å². The van der Waals surface area contributed by atoms with E-state index in [1.54, 1.807) is 29.2 Å². The normalized spacial score (nSPS) is 11.4. The van der Waals surface area contributed by atoms with E-state index in [4.69, 9.17) is 4.42 Å². The number of hydrogen-bond acceptors (Lipinski definition) is 4. The number of benzene rings is 3. The second-order valence-electron chi connectivity index (χ2n) is 7.13. The van der Waals surface area contributed by atoms with E-state index < -0.39 is 12.1 Å². The fourth-order valence-electron chi connectivity index (χ4n) is 3.24.